The summed E-state index contributed by atoms with van der Waals surface area (Å²) in [6, 6.07) is 1.83. The van der Waals surface area contributed by atoms with Crippen molar-refractivity contribution in [3.8, 4) is 0 Å². The molecular weight excluding hydrogens is 166 g/mol. The molecule has 5 heteroatoms. The van der Waals surface area contributed by atoms with Gasteiger partial charge < -0.3 is 5.43 Å². The Morgan fingerprint density at radius 2 is 2.31 bits per heavy atom. The number of nitrogens with one attached hydrogen (secondary N) is 1. The number of fused-ring (bicyclic) bond motifs is 1. The van der Waals surface area contributed by atoms with Gasteiger partial charge in [-0.3, -0.25) is 10.5 Å². The topological polar surface area (TPSA) is 68.8 Å². The van der Waals surface area contributed by atoms with Crippen LogP contribution in [0.15, 0.2) is 12.3 Å². The first kappa shape index (κ1) is 8.00. The van der Waals surface area contributed by atoms with Crippen LogP contribution in [0, 0.1) is 6.92 Å². The Kier molecular flexibility index (Phi) is 1.66. The van der Waals surface area contributed by atoms with Crippen molar-refractivity contribution >= 4 is 16.7 Å². The fraction of sp³-hybridized carbons (Fsp3) is 0.250. The fourth-order valence-corrected chi connectivity index (χ4v) is 1.50. The summed E-state index contributed by atoms with van der Waals surface area (Å²) in [5, 5.41) is 5.24. The summed E-state index contributed by atoms with van der Waals surface area (Å²) in [5.41, 5.74) is 5.26. The van der Waals surface area contributed by atoms with E-state index in [9.17, 15) is 0 Å². The quantitative estimate of drug-likeness (QED) is 0.493. The van der Waals surface area contributed by atoms with Gasteiger partial charge in [0.1, 0.15) is 0 Å². The number of nitrogen functional groups attached to an aromatic ring is 1. The number of rotatable bonds is 1. The lowest BCUT2D eigenvalue weighted by Crippen LogP contribution is -2.07. The lowest BCUT2D eigenvalue weighted by molar-refractivity contribution is 0.774. The average molecular weight is 177 g/mol. The number of nitrogens with zero attached hydrogens (tertiary/aromatic N) is 3. The van der Waals surface area contributed by atoms with E-state index >= 15 is 0 Å². The molecule has 0 radical (unpaired) electrons. The molecule has 0 aliphatic heterocycles. The predicted octanol–water partition coefficient (Wildman–Crippen LogP) is 0.562. The highest BCUT2D eigenvalue weighted by molar-refractivity contribution is 5.90. The minimum atomic E-state index is 0.841. The SMILES string of the molecule is Cc1nn(C)c2nccc(NN)c12. The van der Waals surface area contributed by atoms with E-state index in [1.165, 1.54) is 0 Å². The van der Waals surface area contributed by atoms with Gasteiger partial charge in [-0.05, 0) is 13.0 Å². The molecule has 0 unspecified atom stereocenters. The number of pyridine rings is 1. The van der Waals surface area contributed by atoms with Crippen molar-refractivity contribution in [2.45, 2.75) is 6.92 Å². The first-order chi connectivity index (χ1) is 6.24. The van der Waals surface area contributed by atoms with E-state index < -0.39 is 0 Å². The summed E-state index contributed by atoms with van der Waals surface area (Å²) in [6.07, 6.45) is 1.71. The Balaban J connectivity index is 2.88. The first-order valence-corrected chi connectivity index (χ1v) is 3.99. The summed E-state index contributed by atoms with van der Waals surface area (Å²) >= 11 is 0. The Labute approximate surface area is 75.5 Å². The molecule has 2 aromatic rings. The van der Waals surface area contributed by atoms with Crippen LogP contribution in [0.25, 0.3) is 11.0 Å². The summed E-state index contributed by atoms with van der Waals surface area (Å²) in [5.74, 6) is 5.38. The third-order valence-corrected chi connectivity index (χ3v) is 2.05. The third kappa shape index (κ3) is 1.05. The van der Waals surface area contributed by atoms with E-state index in [1.807, 2.05) is 20.0 Å². The molecule has 5 nitrogen and oxygen atoms in total. The monoisotopic (exact) mass is 177 g/mol. The van der Waals surface area contributed by atoms with Crippen molar-refractivity contribution in [1.29, 1.82) is 0 Å². The van der Waals surface area contributed by atoms with Crippen molar-refractivity contribution in [2.75, 3.05) is 5.43 Å². The van der Waals surface area contributed by atoms with Gasteiger partial charge in [-0.2, -0.15) is 5.10 Å². The van der Waals surface area contributed by atoms with Gasteiger partial charge in [0, 0.05) is 13.2 Å². The molecule has 2 rings (SSSR count). The van der Waals surface area contributed by atoms with Crippen LogP contribution in [0.4, 0.5) is 5.69 Å². The molecule has 0 amide bonds. The average Bonchev–Trinajstić information content (AvgIpc) is 2.43. The molecular formula is C8H11N5. The van der Waals surface area contributed by atoms with Gasteiger partial charge in [-0.1, -0.05) is 0 Å². The lowest BCUT2D eigenvalue weighted by Gasteiger charge is -2.00. The maximum Gasteiger partial charge on any atom is 0.159 e. The van der Waals surface area contributed by atoms with Gasteiger partial charge in [0.15, 0.2) is 5.65 Å². The lowest BCUT2D eigenvalue weighted by atomic mass is 10.2. The second-order valence-corrected chi connectivity index (χ2v) is 2.91. The molecule has 0 spiro atoms. The number of hydrogen-bond acceptors (Lipinski definition) is 4. The van der Waals surface area contributed by atoms with Crippen molar-refractivity contribution in [1.82, 2.24) is 14.8 Å². The number of nitrogens with two attached hydrogens (primary N) is 1. The summed E-state index contributed by atoms with van der Waals surface area (Å²) < 4.78 is 1.74. The second-order valence-electron chi connectivity index (χ2n) is 2.91. The molecule has 3 N–H and O–H groups in total. The van der Waals surface area contributed by atoms with E-state index in [-0.39, 0.29) is 0 Å². The molecule has 0 aromatic carbocycles. The number of aromatic nitrogens is 3. The summed E-state index contributed by atoms with van der Waals surface area (Å²) in [7, 11) is 1.86. The highest BCUT2D eigenvalue weighted by atomic mass is 15.3. The molecule has 0 aliphatic carbocycles. The Bertz CT molecular complexity index is 445. The predicted molar refractivity (Wildman–Crippen MR) is 51.1 cm³/mol. The number of aryl methyl sites for hydroxylation is 2. The molecule has 2 aromatic heterocycles. The van der Waals surface area contributed by atoms with Gasteiger partial charge >= 0.3 is 0 Å². The molecule has 0 saturated heterocycles. The molecule has 0 fully saturated rings. The van der Waals surface area contributed by atoms with Crippen LogP contribution in [-0.4, -0.2) is 14.8 Å². The molecule has 0 saturated carbocycles. The van der Waals surface area contributed by atoms with E-state index in [0.717, 1.165) is 22.4 Å². The van der Waals surface area contributed by atoms with E-state index in [1.54, 1.807) is 10.9 Å². The van der Waals surface area contributed by atoms with Crippen molar-refractivity contribution in [3.63, 3.8) is 0 Å². The Morgan fingerprint density at radius 1 is 1.54 bits per heavy atom. The number of anilines is 1. The van der Waals surface area contributed by atoms with Crippen LogP contribution >= 0.6 is 0 Å². The highest BCUT2D eigenvalue weighted by Gasteiger charge is 2.08. The molecule has 0 bridgehead atoms. The zero-order valence-electron chi connectivity index (χ0n) is 7.57. The van der Waals surface area contributed by atoms with Gasteiger partial charge in [0.25, 0.3) is 0 Å². The first-order valence-electron chi connectivity index (χ1n) is 3.99. The van der Waals surface area contributed by atoms with Crippen molar-refractivity contribution < 1.29 is 0 Å². The minimum absolute atomic E-state index is 0.841. The Morgan fingerprint density at radius 3 is 3.00 bits per heavy atom. The molecule has 0 atom stereocenters. The van der Waals surface area contributed by atoms with Crippen LogP contribution in [0.1, 0.15) is 5.69 Å². The fourth-order valence-electron chi connectivity index (χ4n) is 1.50. The molecule has 13 heavy (non-hydrogen) atoms. The molecule has 2 heterocycles. The maximum absolute atomic E-state index is 5.38. The normalized spacial score (nSPS) is 10.7. The largest absolute Gasteiger partial charge is 0.323 e. The van der Waals surface area contributed by atoms with Crippen LogP contribution in [0.3, 0.4) is 0 Å². The number of hydrazine groups is 1. The second kappa shape index (κ2) is 2.70. The van der Waals surface area contributed by atoms with Crippen LogP contribution in [-0.2, 0) is 7.05 Å². The maximum atomic E-state index is 5.38. The van der Waals surface area contributed by atoms with Crippen LogP contribution < -0.4 is 11.3 Å². The standard InChI is InChI=1S/C8H11N5/c1-5-7-6(11-9)3-4-10-8(7)13(2)12-5/h3-4H,9H2,1-2H3,(H,10,11). The van der Waals surface area contributed by atoms with Gasteiger partial charge in [-0.25, -0.2) is 4.98 Å². The smallest absolute Gasteiger partial charge is 0.159 e. The minimum Gasteiger partial charge on any atom is -0.323 e. The Hall–Kier alpha value is -1.62. The van der Waals surface area contributed by atoms with E-state index in [4.69, 9.17) is 5.84 Å². The number of hydrogen-bond donors (Lipinski definition) is 2. The van der Waals surface area contributed by atoms with E-state index in [0.29, 0.717) is 0 Å². The van der Waals surface area contributed by atoms with Crippen molar-refractivity contribution in [3.05, 3.63) is 18.0 Å². The zero-order valence-corrected chi connectivity index (χ0v) is 7.57. The summed E-state index contributed by atoms with van der Waals surface area (Å²) in [4.78, 5) is 4.22. The van der Waals surface area contributed by atoms with Crippen LogP contribution in [0.5, 0.6) is 0 Å². The van der Waals surface area contributed by atoms with E-state index in [2.05, 4.69) is 15.5 Å². The molecule has 0 aliphatic rings. The van der Waals surface area contributed by atoms with Crippen LogP contribution in [0.2, 0.25) is 0 Å². The van der Waals surface area contributed by atoms with Gasteiger partial charge in [0.2, 0.25) is 0 Å². The third-order valence-electron chi connectivity index (χ3n) is 2.05. The molecule has 68 valence electrons. The van der Waals surface area contributed by atoms with Gasteiger partial charge in [-0.15, -0.1) is 0 Å². The van der Waals surface area contributed by atoms with Gasteiger partial charge in [0.05, 0.1) is 16.8 Å². The highest BCUT2D eigenvalue weighted by Crippen LogP contribution is 2.22. The summed E-state index contributed by atoms with van der Waals surface area (Å²) in [6.45, 7) is 1.94. The van der Waals surface area contributed by atoms with Crippen molar-refractivity contribution in [2.24, 2.45) is 12.9 Å². The zero-order chi connectivity index (χ0) is 9.42.